The molecule has 1 atom stereocenters. The van der Waals surface area contributed by atoms with Crippen molar-refractivity contribution >= 4 is 39.0 Å². The molecule has 17 rings (SSSR count). The Kier molecular flexibility index (Phi) is 29.7. The van der Waals surface area contributed by atoms with E-state index in [-0.39, 0.29) is 60.3 Å². The molecule has 602 valence electrons. The van der Waals surface area contributed by atoms with E-state index < -0.39 is 19.8 Å². The molecular formula is C101H105Ir3N12O. The zero-order valence-electron chi connectivity index (χ0n) is 75.6. The number of aromatic nitrogens is 6. The predicted octanol–water partition coefficient (Wildman–Crippen LogP) is 24.9. The molecule has 7 heterocycles. The summed E-state index contributed by atoms with van der Waals surface area (Å²) in [6.45, 7) is 28.8. The summed E-state index contributed by atoms with van der Waals surface area (Å²) in [5.41, 5.74) is 19.0. The van der Waals surface area contributed by atoms with Gasteiger partial charge >= 0.3 is 60.3 Å². The zero-order chi connectivity index (χ0) is 86.3. The van der Waals surface area contributed by atoms with Crippen LogP contribution >= 0.6 is 0 Å². The third-order valence-corrected chi connectivity index (χ3v) is 19.5. The molecule has 10 aromatic carbocycles. The van der Waals surface area contributed by atoms with Crippen molar-refractivity contribution in [2.24, 2.45) is 0 Å². The van der Waals surface area contributed by atoms with Crippen molar-refractivity contribution in [3.8, 4) is 51.2 Å². The van der Waals surface area contributed by atoms with Crippen LogP contribution in [0.15, 0.2) is 291 Å². The van der Waals surface area contributed by atoms with Crippen molar-refractivity contribution in [2.75, 3.05) is 28.7 Å². The Morgan fingerprint density at radius 1 is 0.359 bits per heavy atom. The molecule has 0 saturated carbocycles. The molecule has 16 heteroatoms. The second-order valence-corrected chi connectivity index (χ2v) is 29.7. The maximum Gasteiger partial charge on any atom is 3.00 e. The van der Waals surface area contributed by atoms with E-state index in [9.17, 15) is 0 Å². The van der Waals surface area contributed by atoms with Crippen LogP contribution in [0.3, 0.4) is 0 Å². The monoisotopic (exact) mass is 2090 g/mol. The molecule has 117 heavy (non-hydrogen) atoms. The molecule has 0 radical (unpaired) electrons. The third kappa shape index (κ3) is 22.3. The molecule has 14 aromatic rings. The Balaban J connectivity index is 0.000000170. The molecule has 0 amide bonds. The molecule has 3 aliphatic heterocycles. The minimum absolute atomic E-state index is 0. The number of benzene rings is 10. The summed E-state index contributed by atoms with van der Waals surface area (Å²) in [4.78, 5) is 23.8. The SMILES string of the molecule is CC(C)c1cccc(C(C)C)c1-n1ccnc1-c1[c-]cccc1.CC(C)c1cccc(C(C)C)c1-n1ccnc1-c1[c-]cccc1.CC(C)c1cccc(C(C)C)c1-n1ccnc1-c1[c-]cccc1.CN1C=CN(c2[c-]cccc2)[CH-]1.[2H]C([2H])([2H])C([2H])(C)N1C=CN(c2[c-]ccc3c2oc2ccccc23)[CH-]1.[2H]C([2H])([2H])N1C=CN(c2[c-]cccc2)[CH-]1.[Ir+3].[Ir+3].[Ir+3]. The van der Waals surface area contributed by atoms with E-state index in [1.54, 1.807) is 41.1 Å². The Labute approximate surface area is 746 Å². The van der Waals surface area contributed by atoms with Crippen molar-refractivity contribution in [2.45, 2.75) is 138 Å². The van der Waals surface area contributed by atoms with E-state index in [0.29, 0.717) is 46.8 Å². The first-order chi connectivity index (χ1) is 58.0. The Morgan fingerprint density at radius 2 is 0.726 bits per heavy atom. The summed E-state index contributed by atoms with van der Waals surface area (Å²) in [6, 6.07) is 88.2. The number of hydrogen-bond donors (Lipinski definition) is 0. The summed E-state index contributed by atoms with van der Waals surface area (Å²) >= 11 is 0. The van der Waals surface area contributed by atoms with Gasteiger partial charge in [-0.1, -0.05) is 167 Å². The number of anilines is 3. The molecule has 3 aliphatic rings. The molecule has 0 fully saturated rings. The number of rotatable bonds is 16. The van der Waals surface area contributed by atoms with Gasteiger partial charge in [0.25, 0.3) is 0 Å². The van der Waals surface area contributed by atoms with Crippen molar-refractivity contribution in [3.05, 3.63) is 376 Å². The molecule has 0 N–H and O–H groups in total. The van der Waals surface area contributed by atoms with E-state index in [2.05, 4.69) is 240 Å². The Bertz CT molecular complexity index is 5360. The predicted molar refractivity (Wildman–Crippen MR) is 471 cm³/mol. The van der Waals surface area contributed by atoms with Gasteiger partial charge in [0.2, 0.25) is 0 Å². The normalized spacial score (nSPS) is 14.2. The second-order valence-electron chi connectivity index (χ2n) is 29.7. The fourth-order valence-electron chi connectivity index (χ4n) is 13.7. The number of fused-ring (bicyclic) bond motifs is 3. The maximum atomic E-state index is 8.20. The van der Waals surface area contributed by atoms with Gasteiger partial charge in [-0.15, -0.1) is 119 Å². The standard InChI is InChI=1S/3C21H23N2.C18H16N2O.2C10H10N2.3Ir/c3*1-15(2)18-11-8-12-19(16(3)4)20(18)23-14-13-22-21(23)17-9-6-5-7-10-17;1-13(2)19-10-11-20(12-19)16-8-5-7-15-14-6-3-4-9-17(14)21-18(15)16;2*1-11-7-8-12(9-11)10-5-3-2-4-6-10;;;/h3*5-9,11-16H,1-4H3;3-7,9-13H,1-2H3;2*2-5,7-9H,1H3;;;/q3*-1;3*-2;3*+3/i;;;1D3,13D;1D3;;;;. The van der Waals surface area contributed by atoms with Crippen LogP contribution in [0.1, 0.15) is 175 Å². The quantitative estimate of drug-likeness (QED) is 0.0872. The summed E-state index contributed by atoms with van der Waals surface area (Å²) < 4.78 is 65.2. The number of nitrogens with zero attached hydrogens (tertiary/aromatic N) is 12. The molecule has 13 nitrogen and oxygen atoms in total. The van der Waals surface area contributed by atoms with E-state index in [1.807, 2.05) is 188 Å². The van der Waals surface area contributed by atoms with Crippen LogP contribution in [0.25, 0.3) is 73.2 Å². The summed E-state index contributed by atoms with van der Waals surface area (Å²) in [5, 5.41) is 1.98. The topological polar surface area (TPSA) is 86.0 Å². The second kappa shape index (κ2) is 43.2. The first kappa shape index (κ1) is 80.4. The van der Waals surface area contributed by atoms with Gasteiger partial charge in [0.15, 0.2) is 0 Å². The molecule has 0 saturated heterocycles. The Hall–Kier alpha value is -10.4. The van der Waals surface area contributed by atoms with E-state index in [0.717, 1.165) is 61.9 Å². The van der Waals surface area contributed by atoms with Crippen LogP contribution < -0.4 is 14.7 Å². The number of hydrogen-bond acceptors (Lipinski definition) is 10. The van der Waals surface area contributed by atoms with Gasteiger partial charge in [-0.25, -0.2) is 0 Å². The van der Waals surface area contributed by atoms with Crippen molar-refractivity contribution < 1.29 is 74.3 Å². The first-order valence-corrected chi connectivity index (χ1v) is 38.9. The van der Waals surface area contributed by atoms with Gasteiger partial charge in [-0.2, -0.15) is 98.9 Å². The van der Waals surface area contributed by atoms with Crippen LogP contribution in [0, 0.1) is 56.4 Å². The molecular weight excluding hydrogens is 1970 g/mol. The summed E-state index contributed by atoms with van der Waals surface area (Å²) in [7, 11) is 2.00. The van der Waals surface area contributed by atoms with Gasteiger partial charge in [0, 0.05) is 74.8 Å². The van der Waals surface area contributed by atoms with Crippen molar-refractivity contribution in [1.82, 2.24) is 43.4 Å². The van der Waals surface area contributed by atoms with Crippen LogP contribution in [0.5, 0.6) is 0 Å². The maximum absolute atomic E-state index is 8.20. The average Bonchev–Trinajstić information content (AvgIpc) is 1.55. The minimum atomic E-state index is -2.45. The molecule has 0 bridgehead atoms. The van der Waals surface area contributed by atoms with Gasteiger partial charge in [0.05, 0.1) is 17.5 Å². The molecule has 1 unspecified atom stereocenters. The summed E-state index contributed by atoms with van der Waals surface area (Å²) in [6.07, 6.45) is 22.3. The van der Waals surface area contributed by atoms with Crippen molar-refractivity contribution in [1.29, 1.82) is 0 Å². The van der Waals surface area contributed by atoms with Crippen LogP contribution in [0.4, 0.5) is 17.1 Å². The van der Waals surface area contributed by atoms with Gasteiger partial charge < -0.3 is 47.5 Å². The number of para-hydroxylation sites is 6. The minimum Gasteiger partial charge on any atom is -0.514 e. The van der Waals surface area contributed by atoms with E-state index in [4.69, 9.17) is 14.0 Å². The smallest absolute Gasteiger partial charge is 0.514 e. The molecule has 0 spiro atoms. The first-order valence-electron chi connectivity index (χ1n) is 42.4. The van der Waals surface area contributed by atoms with Gasteiger partial charge in [0.1, 0.15) is 5.58 Å². The van der Waals surface area contributed by atoms with Crippen LogP contribution in [-0.4, -0.2) is 63.4 Å². The van der Waals surface area contributed by atoms with Gasteiger partial charge in [-0.3, -0.25) is 15.0 Å². The third-order valence-electron chi connectivity index (χ3n) is 19.5. The number of imidazole rings is 3. The average molecular weight is 2090 g/mol. The molecule has 4 aromatic heterocycles. The number of furan rings is 1. The summed E-state index contributed by atoms with van der Waals surface area (Å²) in [5.74, 6) is 5.58. The van der Waals surface area contributed by atoms with E-state index >= 15 is 0 Å². The zero-order valence-corrected chi connectivity index (χ0v) is 75.8. The van der Waals surface area contributed by atoms with Gasteiger partial charge in [-0.05, 0) is 146 Å². The molecule has 0 aliphatic carbocycles. The van der Waals surface area contributed by atoms with Crippen molar-refractivity contribution in [3.63, 3.8) is 0 Å². The van der Waals surface area contributed by atoms with Crippen LogP contribution in [0.2, 0.25) is 0 Å². The van der Waals surface area contributed by atoms with Crippen LogP contribution in [-0.2, 0) is 60.3 Å². The fraction of sp³-hybridized carbons (Fsp3) is 0.228. The van der Waals surface area contributed by atoms with E-state index in [1.165, 1.54) is 80.0 Å². The Morgan fingerprint density at radius 3 is 1.08 bits per heavy atom. The largest absolute Gasteiger partial charge is 3.00 e. The fourth-order valence-corrected chi connectivity index (χ4v) is 13.7.